The summed E-state index contributed by atoms with van der Waals surface area (Å²) in [5.41, 5.74) is -0.740. The van der Waals surface area contributed by atoms with Gasteiger partial charge in [0.2, 0.25) is 0 Å². The fraction of sp³-hybridized carbons (Fsp3) is 0.909. The predicted octanol–water partition coefficient (Wildman–Crippen LogP) is 4.07. The summed E-state index contributed by atoms with van der Waals surface area (Å²) in [5.74, 6) is 0.693. The van der Waals surface area contributed by atoms with Crippen LogP contribution in [0.4, 0.5) is 0 Å². The van der Waals surface area contributed by atoms with E-state index in [0.717, 1.165) is 38.5 Å². The van der Waals surface area contributed by atoms with Crippen LogP contribution in [0.5, 0.6) is 0 Å². The quantitative estimate of drug-likeness (QED) is 0.806. The van der Waals surface area contributed by atoms with E-state index >= 15 is 0 Å². The summed E-state index contributed by atoms with van der Waals surface area (Å²) >= 11 is 0. The molecule has 4 bridgehead atoms. The number of aliphatic carboxylic acids is 1. The minimum absolute atomic E-state index is 0.000416. The molecule has 2 saturated heterocycles. The average molecular weight is 360 g/mol. The first-order valence-corrected chi connectivity index (χ1v) is 10.7. The van der Waals surface area contributed by atoms with Crippen molar-refractivity contribution in [2.75, 3.05) is 0 Å². The summed E-state index contributed by atoms with van der Waals surface area (Å²) in [6.45, 7) is 6.40. The van der Waals surface area contributed by atoms with Gasteiger partial charge in [-0.3, -0.25) is 9.59 Å². The zero-order chi connectivity index (χ0) is 18.5. The van der Waals surface area contributed by atoms with Gasteiger partial charge in [-0.2, -0.15) is 0 Å². The molecule has 4 aliphatic carbocycles. The summed E-state index contributed by atoms with van der Waals surface area (Å²) in [7, 11) is 0. The Morgan fingerprint density at radius 3 is 2.62 bits per heavy atom. The first-order chi connectivity index (χ1) is 12.2. The lowest BCUT2D eigenvalue weighted by atomic mass is 9.40. The van der Waals surface area contributed by atoms with Crippen LogP contribution in [0.2, 0.25) is 0 Å². The molecule has 0 aromatic rings. The van der Waals surface area contributed by atoms with Gasteiger partial charge in [0.15, 0.2) is 5.78 Å². The molecule has 2 heterocycles. The normalized spacial score (nSPS) is 56.0. The molecule has 4 nitrogen and oxygen atoms in total. The monoisotopic (exact) mass is 360 g/mol. The molecule has 0 aromatic heterocycles. The lowest BCUT2D eigenvalue weighted by Crippen LogP contribution is -2.75. The molecule has 0 amide bonds. The van der Waals surface area contributed by atoms with Crippen molar-refractivity contribution in [2.45, 2.75) is 83.8 Å². The minimum atomic E-state index is -0.715. The Balaban J connectivity index is 1.58. The Hall–Kier alpha value is -0.900. The van der Waals surface area contributed by atoms with Gasteiger partial charge in [-0.25, -0.2) is 0 Å². The van der Waals surface area contributed by atoms with Crippen molar-refractivity contribution < 1.29 is 19.4 Å². The van der Waals surface area contributed by atoms with Crippen molar-refractivity contribution in [1.82, 2.24) is 0 Å². The number of hydrogen-bond donors (Lipinski definition) is 1. The van der Waals surface area contributed by atoms with E-state index in [1.807, 2.05) is 6.92 Å². The summed E-state index contributed by atoms with van der Waals surface area (Å²) in [6.07, 6.45) is 8.48. The summed E-state index contributed by atoms with van der Waals surface area (Å²) in [5, 5.41) is 9.60. The Bertz CT molecular complexity index is 673. The summed E-state index contributed by atoms with van der Waals surface area (Å²) in [4.78, 5) is 25.5. The average Bonchev–Trinajstić information content (AvgIpc) is 2.90. The van der Waals surface area contributed by atoms with E-state index in [9.17, 15) is 14.7 Å². The smallest absolute Gasteiger partial charge is 0.306 e. The summed E-state index contributed by atoms with van der Waals surface area (Å²) in [6, 6.07) is 0. The highest BCUT2D eigenvalue weighted by molar-refractivity contribution is 5.91. The molecule has 4 saturated carbocycles. The van der Waals surface area contributed by atoms with Gasteiger partial charge < -0.3 is 9.84 Å². The maximum absolute atomic E-state index is 13.8. The van der Waals surface area contributed by atoms with E-state index in [0.29, 0.717) is 30.0 Å². The van der Waals surface area contributed by atoms with Crippen LogP contribution in [0.25, 0.3) is 0 Å². The van der Waals surface area contributed by atoms with Crippen molar-refractivity contribution in [3.63, 3.8) is 0 Å². The van der Waals surface area contributed by atoms with Crippen LogP contribution in [0.3, 0.4) is 0 Å². The molecule has 1 N–H and O–H groups in total. The van der Waals surface area contributed by atoms with E-state index in [2.05, 4.69) is 13.8 Å². The van der Waals surface area contributed by atoms with Crippen molar-refractivity contribution >= 4 is 11.8 Å². The molecule has 6 rings (SSSR count). The fourth-order valence-electron chi connectivity index (χ4n) is 8.65. The second-order valence-corrected chi connectivity index (χ2v) is 10.6. The van der Waals surface area contributed by atoms with E-state index in [1.54, 1.807) is 0 Å². The Kier molecular flexibility index (Phi) is 3.39. The molecule has 1 spiro atoms. The van der Waals surface area contributed by atoms with Gasteiger partial charge >= 0.3 is 5.97 Å². The van der Waals surface area contributed by atoms with Gasteiger partial charge in [0, 0.05) is 11.8 Å². The lowest BCUT2D eigenvalue weighted by Gasteiger charge is -2.70. The van der Waals surface area contributed by atoms with Crippen LogP contribution in [0.1, 0.15) is 72.1 Å². The second kappa shape index (κ2) is 5.12. The van der Waals surface area contributed by atoms with Crippen molar-refractivity contribution in [3.8, 4) is 0 Å². The first-order valence-electron chi connectivity index (χ1n) is 10.7. The Morgan fingerprint density at radius 2 is 1.88 bits per heavy atom. The van der Waals surface area contributed by atoms with Crippen molar-refractivity contribution in [2.24, 2.45) is 40.4 Å². The number of fused-ring (bicyclic) bond motifs is 3. The fourth-order valence-corrected chi connectivity index (χ4v) is 8.65. The van der Waals surface area contributed by atoms with Crippen LogP contribution >= 0.6 is 0 Å². The largest absolute Gasteiger partial charge is 0.481 e. The molecular weight excluding hydrogens is 328 g/mol. The number of carboxylic acids is 1. The number of ether oxygens (including phenoxy) is 1. The highest BCUT2D eigenvalue weighted by atomic mass is 16.5. The van der Waals surface area contributed by atoms with Gasteiger partial charge in [0.1, 0.15) is 5.60 Å². The molecule has 2 aliphatic heterocycles. The first kappa shape index (κ1) is 17.2. The third kappa shape index (κ3) is 1.76. The number of Topliss-reactive ketones (excluding diaryl/α,β-unsaturated/α-hetero) is 1. The van der Waals surface area contributed by atoms with E-state index in [1.165, 1.54) is 6.42 Å². The number of ketones is 1. The highest BCUT2D eigenvalue weighted by Gasteiger charge is 2.74. The molecule has 144 valence electrons. The number of hydrogen-bond acceptors (Lipinski definition) is 3. The molecule has 4 heteroatoms. The second-order valence-electron chi connectivity index (χ2n) is 10.6. The Morgan fingerprint density at radius 1 is 1.15 bits per heavy atom. The number of rotatable bonds is 2. The van der Waals surface area contributed by atoms with Crippen molar-refractivity contribution in [1.29, 1.82) is 0 Å². The van der Waals surface area contributed by atoms with E-state index in [4.69, 9.17) is 4.74 Å². The topological polar surface area (TPSA) is 63.6 Å². The van der Waals surface area contributed by atoms with Crippen LogP contribution in [0, 0.1) is 40.4 Å². The highest BCUT2D eigenvalue weighted by Crippen LogP contribution is 2.72. The molecule has 0 radical (unpaired) electrons. The number of carbonyl (C=O) groups is 2. The van der Waals surface area contributed by atoms with Crippen LogP contribution in [-0.2, 0) is 14.3 Å². The van der Waals surface area contributed by atoms with E-state index in [-0.39, 0.29) is 28.8 Å². The van der Waals surface area contributed by atoms with Crippen LogP contribution in [-0.4, -0.2) is 28.6 Å². The lowest BCUT2D eigenvalue weighted by molar-refractivity contribution is -0.307. The third-order valence-corrected chi connectivity index (χ3v) is 9.90. The van der Waals surface area contributed by atoms with Gasteiger partial charge in [0.25, 0.3) is 0 Å². The standard InChI is InChI=1S/C22H32O4/c1-12(19(24)25)15-6-7-16-17-5-4-13-10-14-8-9-21(13,3)22(17,26-14)18(23)11-20(15,16)2/h12-17H,4-11H2,1-3H3,(H,24,25)/t12-,13+,14+,15-,16-,17-,20-,21-,22-/m1/s1. The Labute approximate surface area is 156 Å². The summed E-state index contributed by atoms with van der Waals surface area (Å²) < 4.78 is 6.69. The number of carbonyl (C=O) groups excluding carboxylic acids is 1. The molecule has 6 aliphatic rings. The predicted molar refractivity (Wildman–Crippen MR) is 96.5 cm³/mol. The number of carboxylic acid groups (broad SMARTS) is 1. The molecule has 0 aromatic carbocycles. The van der Waals surface area contributed by atoms with Gasteiger partial charge in [0.05, 0.1) is 12.0 Å². The minimum Gasteiger partial charge on any atom is -0.481 e. The van der Waals surface area contributed by atoms with Gasteiger partial charge in [-0.15, -0.1) is 0 Å². The molecule has 26 heavy (non-hydrogen) atoms. The SMILES string of the molecule is C[C@@H](C(=O)O)[C@H]1CC[C@@H]2[C@H]3CC[C@H]4C[C@@H]5CC[C@@]4(C)[C@]3(O5)C(=O)C[C@@]21C. The molecule has 6 fully saturated rings. The maximum Gasteiger partial charge on any atom is 0.306 e. The van der Waals surface area contributed by atoms with E-state index < -0.39 is 11.6 Å². The molecular formula is C22H32O4. The zero-order valence-corrected chi connectivity index (χ0v) is 16.3. The molecule has 9 atom stereocenters. The van der Waals surface area contributed by atoms with Crippen LogP contribution < -0.4 is 0 Å². The molecule has 0 unspecified atom stereocenters. The van der Waals surface area contributed by atoms with Crippen molar-refractivity contribution in [3.05, 3.63) is 0 Å². The maximum atomic E-state index is 13.8. The van der Waals surface area contributed by atoms with Gasteiger partial charge in [-0.05, 0) is 74.0 Å². The van der Waals surface area contributed by atoms with Gasteiger partial charge in [-0.1, -0.05) is 20.8 Å². The zero-order valence-electron chi connectivity index (χ0n) is 16.3. The third-order valence-electron chi connectivity index (χ3n) is 9.90. The van der Waals surface area contributed by atoms with Crippen LogP contribution in [0.15, 0.2) is 0 Å².